The average Bonchev–Trinajstić information content (AvgIpc) is 3.48. The molecular formula is C22H26N4O4S2. The van der Waals surface area contributed by atoms with Crippen LogP contribution in [-0.2, 0) is 16.6 Å². The van der Waals surface area contributed by atoms with Crippen LogP contribution < -0.4 is 0 Å². The molecule has 2 aromatic heterocycles. The Kier molecular flexibility index (Phi) is 6.73. The Hall–Kier alpha value is -2.56. The molecule has 1 amide bonds. The number of benzene rings is 1. The fourth-order valence-corrected chi connectivity index (χ4v) is 6.55. The van der Waals surface area contributed by atoms with Gasteiger partial charge in [0.2, 0.25) is 5.89 Å². The van der Waals surface area contributed by atoms with Gasteiger partial charge in [0.15, 0.2) is 0 Å². The van der Waals surface area contributed by atoms with E-state index >= 15 is 0 Å². The van der Waals surface area contributed by atoms with Crippen molar-refractivity contribution in [3.05, 3.63) is 53.2 Å². The van der Waals surface area contributed by atoms with Gasteiger partial charge in [0.25, 0.3) is 10.0 Å². The number of piperidine rings is 1. The van der Waals surface area contributed by atoms with Crippen molar-refractivity contribution in [2.45, 2.75) is 49.9 Å². The molecule has 3 aromatic rings. The minimum absolute atomic E-state index is 0.0645. The van der Waals surface area contributed by atoms with E-state index in [0.717, 1.165) is 36.2 Å². The third kappa shape index (κ3) is 4.77. The van der Waals surface area contributed by atoms with E-state index in [1.807, 2.05) is 44.2 Å². The molecule has 32 heavy (non-hydrogen) atoms. The fraction of sp³-hybridized carbons (Fsp3) is 0.409. The molecule has 0 aliphatic carbocycles. The molecule has 4 rings (SSSR count). The summed E-state index contributed by atoms with van der Waals surface area (Å²) in [7, 11) is -3.73. The normalized spacial score (nSPS) is 14.9. The summed E-state index contributed by atoms with van der Waals surface area (Å²) in [4.78, 5) is 14.3. The Morgan fingerprint density at radius 1 is 1.16 bits per heavy atom. The van der Waals surface area contributed by atoms with E-state index in [2.05, 4.69) is 10.2 Å². The maximum atomic E-state index is 13.4. The van der Waals surface area contributed by atoms with Gasteiger partial charge in [0.05, 0.1) is 5.56 Å². The lowest BCUT2D eigenvalue weighted by atomic mass is 10.1. The molecule has 170 valence electrons. The first-order valence-corrected chi connectivity index (χ1v) is 13.0. The van der Waals surface area contributed by atoms with Gasteiger partial charge in [0, 0.05) is 31.1 Å². The van der Waals surface area contributed by atoms with Crippen LogP contribution in [0.1, 0.15) is 49.4 Å². The lowest BCUT2D eigenvalue weighted by Crippen LogP contribution is -2.36. The van der Waals surface area contributed by atoms with E-state index in [1.54, 1.807) is 10.3 Å². The zero-order chi connectivity index (χ0) is 22.7. The highest BCUT2D eigenvalue weighted by Crippen LogP contribution is 2.31. The molecular weight excluding hydrogens is 448 g/mol. The number of rotatable bonds is 7. The molecule has 0 bridgehead atoms. The van der Waals surface area contributed by atoms with Crippen LogP contribution in [0.5, 0.6) is 0 Å². The molecule has 0 atom stereocenters. The van der Waals surface area contributed by atoms with Gasteiger partial charge in [-0.15, -0.1) is 21.5 Å². The summed E-state index contributed by atoms with van der Waals surface area (Å²) < 4.78 is 34.0. The Morgan fingerprint density at radius 2 is 1.88 bits per heavy atom. The van der Waals surface area contributed by atoms with Crippen LogP contribution in [0.2, 0.25) is 0 Å². The van der Waals surface area contributed by atoms with Crippen LogP contribution in [0.3, 0.4) is 0 Å². The van der Waals surface area contributed by atoms with Crippen LogP contribution in [0.4, 0.5) is 0 Å². The van der Waals surface area contributed by atoms with Crippen LogP contribution >= 0.6 is 11.3 Å². The Bertz CT molecular complexity index is 1170. The number of amides is 1. The molecule has 0 radical (unpaired) electrons. The van der Waals surface area contributed by atoms with Gasteiger partial charge in [0.1, 0.15) is 4.21 Å². The molecule has 1 aromatic carbocycles. The molecule has 1 aliphatic rings. The van der Waals surface area contributed by atoms with Crippen molar-refractivity contribution in [1.29, 1.82) is 0 Å². The molecule has 0 spiro atoms. The van der Waals surface area contributed by atoms with Crippen molar-refractivity contribution in [2.75, 3.05) is 13.1 Å². The number of nitrogens with zero attached hydrogens (tertiary/aromatic N) is 4. The summed E-state index contributed by atoms with van der Waals surface area (Å²) >= 11 is 1.10. The number of aromatic nitrogens is 2. The van der Waals surface area contributed by atoms with E-state index in [0.29, 0.717) is 18.7 Å². The number of thiophene rings is 1. The number of carbonyl (C=O) groups excluding carboxylic acids is 1. The van der Waals surface area contributed by atoms with Gasteiger partial charge in [-0.25, -0.2) is 8.42 Å². The van der Waals surface area contributed by atoms with Crippen molar-refractivity contribution < 1.29 is 17.6 Å². The average molecular weight is 475 g/mol. The first-order valence-electron chi connectivity index (χ1n) is 10.6. The minimum Gasteiger partial charge on any atom is -0.412 e. The molecule has 1 aliphatic heterocycles. The van der Waals surface area contributed by atoms with Gasteiger partial charge >= 0.3 is 11.8 Å². The smallest absolute Gasteiger partial charge is 0.311 e. The van der Waals surface area contributed by atoms with Crippen molar-refractivity contribution >= 4 is 27.3 Å². The molecule has 3 heterocycles. The predicted molar refractivity (Wildman–Crippen MR) is 122 cm³/mol. The van der Waals surface area contributed by atoms with Crippen molar-refractivity contribution in [3.63, 3.8) is 0 Å². The highest BCUT2D eigenvalue weighted by atomic mass is 32.2. The van der Waals surface area contributed by atoms with Crippen LogP contribution in [0.15, 0.2) is 50.4 Å². The van der Waals surface area contributed by atoms with E-state index in [4.69, 9.17) is 4.42 Å². The SMILES string of the molecule is CC(C)N(Cc1ccccc1)S(=O)(=O)c1cc(-c2nnc(C(=O)N3CCCCC3)o2)cs1. The second kappa shape index (κ2) is 9.51. The predicted octanol–water partition coefficient (Wildman–Crippen LogP) is 4.02. The third-order valence-corrected chi connectivity index (χ3v) is 8.83. The first-order chi connectivity index (χ1) is 15.4. The first kappa shape index (κ1) is 22.6. The summed E-state index contributed by atoms with van der Waals surface area (Å²) in [5.74, 6) is -0.201. The molecule has 1 saturated heterocycles. The summed E-state index contributed by atoms with van der Waals surface area (Å²) in [6.45, 7) is 5.35. The van der Waals surface area contributed by atoms with E-state index in [1.165, 1.54) is 10.4 Å². The second-order valence-corrected chi connectivity index (χ2v) is 11.1. The maximum absolute atomic E-state index is 13.4. The summed E-state index contributed by atoms with van der Waals surface area (Å²) in [6.07, 6.45) is 3.05. The van der Waals surface area contributed by atoms with E-state index < -0.39 is 10.0 Å². The van der Waals surface area contributed by atoms with Crippen molar-refractivity contribution in [1.82, 2.24) is 19.4 Å². The summed E-state index contributed by atoms with van der Waals surface area (Å²) in [5.41, 5.74) is 1.40. The van der Waals surface area contributed by atoms with Gasteiger partial charge < -0.3 is 9.32 Å². The number of hydrogen-bond acceptors (Lipinski definition) is 7. The Labute approximate surface area is 191 Å². The highest BCUT2D eigenvalue weighted by Gasteiger charge is 2.30. The Morgan fingerprint density at radius 3 is 2.56 bits per heavy atom. The Balaban J connectivity index is 1.54. The molecule has 0 saturated carbocycles. The standard InChI is InChI=1S/C22H26N4O4S2/c1-16(2)26(14-17-9-5-3-6-10-17)32(28,29)19-13-18(15-31-19)20-23-24-21(30-20)22(27)25-11-7-4-8-12-25/h3,5-6,9-10,13,15-16H,4,7-8,11-12,14H2,1-2H3. The van der Waals surface area contributed by atoms with Crippen molar-refractivity contribution in [3.8, 4) is 11.5 Å². The van der Waals surface area contributed by atoms with E-state index in [-0.39, 0.29) is 34.5 Å². The van der Waals surface area contributed by atoms with Gasteiger partial charge in [-0.3, -0.25) is 4.79 Å². The van der Waals surface area contributed by atoms with Gasteiger partial charge in [-0.05, 0) is 44.7 Å². The number of sulfonamides is 1. The van der Waals surface area contributed by atoms with Crippen molar-refractivity contribution in [2.24, 2.45) is 0 Å². The van der Waals surface area contributed by atoms with Crippen LogP contribution in [0.25, 0.3) is 11.5 Å². The number of hydrogen-bond donors (Lipinski definition) is 0. The topological polar surface area (TPSA) is 96.6 Å². The molecule has 0 N–H and O–H groups in total. The maximum Gasteiger partial charge on any atom is 0.311 e. The summed E-state index contributed by atoms with van der Waals surface area (Å²) in [6, 6.07) is 10.8. The largest absolute Gasteiger partial charge is 0.412 e. The van der Waals surface area contributed by atoms with Crippen LogP contribution in [0, 0.1) is 0 Å². The summed E-state index contributed by atoms with van der Waals surface area (Å²) in [5, 5.41) is 9.54. The van der Waals surface area contributed by atoms with Crippen LogP contribution in [-0.4, -0.2) is 52.9 Å². The monoisotopic (exact) mass is 474 g/mol. The zero-order valence-corrected chi connectivity index (χ0v) is 19.7. The van der Waals surface area contributed by atoms with Gasteiger partial charge in [-0.1, -0.05) is 30.3 Å². The lowest BCUT2D eigenvalue weighted by molar-refractivity contribution is 0.0684. The quantitative estimate of drug-likeness (QED) is 0.513. The highest BCUT2D eigenvalue weighted by molar-refractivity contribution is 7.91. The second-order valence-electron chi connectivity index (χ2n) is 8.05. The number of likely N-dealkylation sites (tertiary alicyclic amines) is 1. The molecule has 0 unspecified atom stereocenters. The number of carbonyl (C=O) groups is 1. The van der Waals surface area contributed by atoms with E-state index in [9.17, 15) is 13.2 Å². The molecule has 8 nitrogen and oxygen atoms in total. The fourth-order valence-electron chi connectivity index (χ4n) is 3.65. The minimum atomic E-state index is -3.73. The zero-order valence-electron chi connectivity index (χ0n) is 18.1. The molecule has 1 fully saturated rings. The molecule has 10 heteroatoms. The lowest BCUT2D eigenvalue weighted by Gasteiger charge is -2.25. The van der Waals surface area contributed by atoms with Gasteiger partial charge in [-0.2, -0.15) is 4.31 Å². The third-order valence-electron chi connectivity index (χ3n) is 5.39.